The van der Waals surface area contributed by atoms with E-state index in [1.54, 1.807) is 0 Å². The van der Waals surface area contributed by atoms with Crippen molar-refractivity contribution in [1.82, 2.24) is 15.1 Å². The van der Waals surface area contributed by atoms with Crippen LogP contribution in [0.4, 0.5) is 13.2 Å². The Labute approximate surface area is 161 Å². The standard InChI is InChI=1S/C10H10N4O3S3.C2HF3O2/c1-3-12-13-10(19-3)20-4-2-18-8-5(11)7(15)14(8)6(4)9(16)17;3-2(4,5)1(6)7/h5,8H,2,11H2,1H3,(H,16,17);(H,6,7)/t5-,8-;/m1./s1. The number of alkyl halides is 3. The first-order valence-electron chi connectivity index (χ1n) is 6.88. The fourth-order valence-electron chi connectivity index (χ4n) is 1.99. The number of aromatic nitrogens is 2. The Kier molecular flexibility index (Phi) is 6.39. The highest BCUT2D eigenvalue weighted by atomic mass is 32.2. The van der Waals surface area contributed by atoms with E-state index in [0.29, 0.717) is 15.0 Å². The molecule has 1 fully saturated rings. The summed E-state index contributed by atoms with van der Waals surface area (Å²) in [6.45, 7) is 1.83. The van der Waals surface area contributed by atoms with Gasteiger partial charge < -0.3 is 15.9 Å². The van der Waals surface area contributed by atoms with Crippen LogP contribution in [0.5, 0.6) is 0 Å². The normalized spacial score (nSPS) is 21.8. The molecular formula is C12H11F3N4O5S3. The summed E-state index contributed by atoms with van der Waals surface area (Å²) >= 11 is 4.12. The van der Waals surface area contributed by atoms with Crippen LogP contribution < -0.4 is 5.73 Å². The maximum Gasteiger partial charge on any atom is 0.490 e. The van der Waals surface area contributed by atoms with Gasteiger partial charge in [-0.05, 0) is 6.92 Å². The van der Waals surface area contributed by atoms with Crippen molar-refractivity contribution in [3.63, 3.8) is 0 Å². The molecule has 0 radical (unpaired) electrons. The molecule has 2 atom stereocenters. The molecule has 3 rings (SSSR count). The Hall–Kier alpha value is -1.84. The van der Waals surface area contributed by atoms with E-state index in [-0.39, 0.29) is 17.0 Å². The van der Waals surface area contributed by atoms with E-state index >= 15 is 0 Å². The Morgan fingerprint density at radius 3 is 2.37 bits per heavy atom. The summed E-state index contributed by atoms with van der Waals surface area (Å²) in [4.78, 5) is 34.0. The highest BCUT2D eigenvalue weighted by molar-refractivity contribution is 8.07. The molecule has 1 aromatic rings. The number of thioether (sulfide) groups is 2. The quantitative estimate of drug-likeness (QED) is 0.579. The van der Waals surface area contributed by atoms with Gasteiger partial charge in [-0.1, -0.05) is 23.1 Å². The first kappa shape index (κ1) is 21.5. The van der Waals surface area contributed by atoms with Gasteiger partial charge in [0.15, 0.2) is 4.34 Å². The number of amides is 1. The first-order valence-corrected chi connectivity index (χ1v) is 9.56. The monoisotopic (exact) mass is 444 g/mol. The van der Waals surface area contributed by atoms with Gasteiger partial charge in [0, 0.05) is 10.7 Å². The summed E-state index contributed by atoms with van der Waals surface area (Å²) in [7, 11) is 0. The Morgan fingerprint density at radius 2 is 1.93 bits per heavy atom. The van der Waals surface area contributed by atoms with Crippen molar-refractivity contribution in [2.75, 3.05) is 5.75 Å². The molecule has 9 nitrogen and oxygen atoms in total. The number of hydrogen-bond donors (Lipinski definition) is 3. The molecule has 4 N–H and O–H groups in total. The summed E-state index contributed by atoms with van der Waals surface area (Å²) in [6, 6.07) is -0.607. The fraction of sp³-hybridized carbons (Fsp3) is 0.417. The summed E-state index contributed by atoms with van der Waals surface area (Å²) < 4.78 is 32.4. The van der Waals surface area contributed by atoms with Crippen molar-refractivity contribution in [1.29, 1.82) is 0 Å². The third kappa shape index (κ3) is 4.72. The number of carbonyl (C=O) groups excluding carboxylic acids is 1. The minimum atomic E-state index is -5.08. The second kappa shape index (κ2) is 8.04. The van der Waals surface area contributed by atoms with Gasteiger partial charge in [-0.15, -0.1) is 22.0 Å². The molecule has 0 aromatic carbocycles. The molecule has 1 aromatic heterocycles. The third-order valence-electron chi connectivity index (χ3n) is 3.14. The molecule has 1 amide bonds. The fourth-order valence-corrected chi connectivity index (χ4v) is 5.39. The molecule has 148 valence electrons. The number of rotatable bonds is 3. The predicted octanol–water partition coefficient (Wildman–Crippen LogP) is 1.11. The summed E-state index contributed by atoms with van der Waals surface area (Å²) in [5, 5.41) is 24.9. The lowest BCUT2D eigenvalue weighted by atomic mass is 10.1. The van der Waals surface area contributed by atoms with Crippen LogP contribution >= 0.6 is 34.9 Å². The summed E-state index contributed by atoms with van der Waals surface area (Å²) in [5.74, 6) is -3.70. The largest absolute Gasteiger partial charge is 0.490 e. The molecular weight excluding hydrogens is 433 g/mol. The van der Waals surface area contributed by atoms with E-state index in [0.717, 1.165) is 5.01 Å². The second-order valence-corrected chi connectivity index (χ2v) is 8.63. The third-order valence-corrected chi connectivity index (χ3v) is 6.59. The number of carboxylic acid groups (broad SMARTS) is 2. The average molecular weight is 444 g/mol. The molecule has 0 bridgehead atoms. The Bertz CT molecular complexity index is 812. The van der Waals surface area contributed by atoms with Gasteiger partial charge in [0.1, 0.15) is 22.1 Å². The molecule has 27 heavy (non-hydrogen) atoms. The Balaban J connectivity index is 0.000000321. The number of fused-ring (bicyclic) bond motifs is 1. The molecule has 0 unspecified atom stereocenters. The minimum Gasteiger partial charge on any atom is -0.477 e. The number of halogens is 3. The highest BCUT2D eigenvalue weighted by Gasteiger charge is 2.52. The molecule has 0 spiro atoms. The van der Waals surface area contributed by atoms with E-state index < -0.39 is 24.2 Å². The zero-order chi connectivity index (χ0) is 20.5. The topological polar surface area (TPSA) is 147 Å². The van der Waals surface area contributed by atoms with Crippen LogP contribution in [-0.4, -0.2) is 66.5 Å². The number of aryl methyl sites for hydroxylation is 1. The molecule has 1 saturated heterocycles. The molecule has 0 aliphatic carbocycles. The van der Waals surface area contributed by atoms with Crippen LogP contribution in [0.25, 0.3) is 0 Å². The molecule has 3 heterocycles. The van der Waals surface area contributed by atoms with Crippen LogP contribution in [0, 0.1) is 6.92 Å². The molecule has 0 saturated carbocycles. The van der Waals surface area contributed by atoms with Crippen LogP contribution in [0.1, 0.15) is 5.01 Å². The van der Waals surface area contributed by atoms with Crippen LogP contribution in [0.3, 0.4) is 0 Å². The van der Waals surface area contributed by atoms with E-state index in [4.69, 9.17) is 15.6 Å². The highest BCUT2D eigenvalue weighted by Crippen LogP contribution is 2.44. The lowest BCUT2D eigenvalue weighted by molar-refractivity contribution is -0.192. The van der Waals surface area contributed by atoms with Crippen molar-refractivity contribution in [2.24, 2.45) is 5.73 Å². The first-order chi connectivity index (χ1) is 12.4. The van der Waals surface area contributed by atoms with E-state index in [9.17, 15) is 27.9 Å². The summed E-state index contributed by atoms with van der Waals surface area (Å²) in [5.41, 5.74) is 5.71. The number of nitrogens with two attached hydrogens (primary N) is 1. The maximum absolute atomic E-state index is 11.8. The van der Waals surface area contributed by atoms with E-state index in [2.05, 4.69) is 10.2 Å². The lowest BCUT2D eigenvalue weighted by Crippen LogP contribution is -2.68. The second-order valence-electron chi connectivity index (χ2n) is 5.00. The van der Waals surface area contributed by atoms with Crippen LogP contribution in [0.15, 0.2) is 14.9 Å². The average Bonchev–Trinajstić information content (AvgIpc) is 2.98. The van der Waals surface area contributed by atoms with Gasteiger partial charge in [-0.25, -0.2) is 9.59 Å². The van der Waals surface area contributed by atoms with Gasteiger partial charge >= 0.3 is 18.1 Å². The molecule has 2 aliphatic rings. The van der Waals surface area contributed by atoms with Crippen molar-refractivity contribution >= 4 is 52.7 Å². The van der Waals surface area contributed by atoms with Crippen molar-refractivity contribution in [3.8, 4) is 0 Å². The maximum atomic E-state index is 11.8. The van der Waals surface area contributed by atoms with Crippen LogP contribution in [0.2, 0.25) is 0 Å². The number of carbonyl (C=O) groups is 3. The van der Waals surface area contributed by atoms with Crippen LogP contribution in [-0.2, 0) is 14.4 Å². The Morgan fingerprint density at radius 1 is 1.33 bits per heavy atom. The SMILES string of the molecule is Cc1nnc(SC2=C(C(=O)O)N3C(=O)[C@@H](N)[C@H]3SC2)s1.O=C(O)C(F)(F)F. The van der Waals surface area contributed by atoms with Gasteiger partial charge in [0.05, 0.1) is 0 Å². The zero-order valence-corrected chi connectivity index (χ0v) is 15.7. The number of nitrogens with zero attached hydrogens (tertiary/aromatic N) is 3. The van der Waals surface area contributed by atoms with Gasteiger partial charge in [0.25, 0.3) is 0 Å². The van der Waals surface area contributed by atoms with Gasteiger partial charge in [-0.2, -0.15) is 13.2 Å². The van der Waals surface area contributed by atoms with E-state index in [1.165, 1.54) is 39.8 Å². The van der Waals surface area contributed by atoms with Crippen molar-refractivity contribution in [3.05, 3.63) is 15.6 Å². The molecule has 2 aliphatic heterocycles. The predicted molar refractivity (Wildman–Crippen MR) is 89.9 cm³/mol. The zero-order valence-electron chi connectivity index (χ0n) is 13.3. The number of β-lactam (4-membered cyclic amide) rings is 1. The number of aliphatic carboxylic acids is 2. The lowest BCUT2D eigenvalue weighted by Gasteiger charge is -2.47. The number of hydrogen-bond acceptors (Lipinski definition) is 9. The van der Waals surface area contributed by atoms with Gasteiger partial charge in [0.2, 0.25) is 5.91 Å². The smallest absolute Gasteiger partial charge is 0.477 e. The van der Waals surface area contributed by atoms with Crippen molar-refractivity contribution in [2.45, 2.75) is 28.9 Å². The number of carboxylic acids is 2. The van der Waals surface area contributed by atoms with E-state index in [1.807, 2.05) is 6.92 Å². The van der Waals surface area contributed by atoms with Crippen molar-refractivity contribution < 1.29 is 37.8 Å². The minimum absolute atomic E-state index is 0.0262. The summed E-state index contributed by atoms with van der Waals surface area (Å²) in [6.07, 6.45) is -5.08. The molecule has 15 heteroatoms. The van der Waals surface area contributed by atoms with Gasteiger partial charge in [-0.3, -0.25) is 9.69 Å².